The molecule has 2 amide bonds. The van der Waals surface area contributed by atoms with Crippen LogP contribution < -0.4 is 10.1 Å². The zero-order chi connectivity index (χ0) is 21.6. The number of ether oxygens (including phenoxy) is 3. The molecule has 3 atom stereocenters. The lowest BCUT2D eigenvalue weighted by Crippen LogP contribution is -2.65. The minimum Gasteiger partial charge on any atom is -0.483 e. The van der Waals surface area contributed by atoms with Crippen LogP contribution in [0, 0.1) is 6.92 Å². The molecule has 4 aliphatic heterocycles. The van der Waals surface area contributed by atoms with E-state index in [1.807, 2.05) is 24.0 Å². The van der Waals surface area contributed by atoms with Gasteiger partial charge in [0.1, 0.15) is 12.4 Å². The van der Waals surface area contributed by atoms with E-state index in [0.717, 1.165) is 31.4 Å². The van der Waals surface area contributed by atoms with Crippen LogP contribution in [0.25, 0.3) is 0 Å². The van der Waals surface area contributed by atoms with E-state index in [9.17, 15) is 9.59 Å². The van der Waals surface area contributed by atoms with E-state index in [1.54, 1.807) is 0 Å². The van der Waals surface area contributed by atoms with Crippen molar-refractivity contribution in [1.29, 1.82) is 0 Å². The number of hydrogen-bond donors (Lipinski definition) is 1. The van der Waals surface area contributed by atoms with Crippen molar-refractivity contribution in [3.63, 3.8) is 0 Å². The molecule has 7 nitrogen and oxygen atoms in total. The first-order chi connectivity index (χ1) is 14.9. The van der Waals surface area contributed by atoms with Crippen LogP contribution >= 0.6 is 0 Å². The molecule has 0 aromatic heterocycles. The van der Waals surface area contributed by atoms with Crippen LogP contribution in [0.1, 0.15) is 56.1 Å². The molecule has 1 spiro atoms. The number of carbonyl (C=O) groups is 2. The van der Waals surface area contributed by atoms with Gasteiger partial charge in [-0.1, -0.05) is 17.7 Å². The molecule has 31 heavy (non-hydrogen) atoms. The Morgan fingerprint density at radius 3 is 2.71 bits per heavy atom. The monoisotopic (exact) mass is 428 g/mol. The lowest BCUT2D eigenvalue weighted by molar-refractivity contribution is -0.145. The second kappa shape index (κ2) is 8.10. The number of aryl methyl sites for hydroxylation is 1. The summed E-state index contributed by atoms with van der Waals surface area (Å²) in [4.78, 5) is 27.4. The number of morpholine rings is 1. The summed E-state index contributed by atoms with van der Waals surface area (Å²) in [6.07, 6.45) is 4.91. The van der Waals surface area contributed by atoms with E-state index < -0.39 is 5.54 Å². The van der Waals surface area contributed by atoms with Crippen molar-refractivity contribution < 1.29 is 23.8 Å². The number of amides is 2. The summed E-state index contributed by atoms with van der Waals surface area (Å²) < 4.78 is 18.1. The minimum absolute atomic E-state index is 0.0159. The lowest BCUT2D eigenvalue weighted by atomic mass is 9.82. The van der Waals surface area contributed by atoms with Crippen molar-refractivity contribution in [1.82, 2.24) is 10.2 Å². The van der Waals surface area contributed by atoms with Crippen LogP contribution in [0.4, 0.5) is 0 Å². The molecule has 1 aliphatic carbocycles. The number of benzene rings is 1. The van der Waals surface area contributed by atoms with Gasteiger partial charge in [0.15, 0.2) is 6.61 Å². The maximum absolute atomic E-state index is 13.4. The molecule has 1 saturated carbocycles. The summed E-state index contributed by atoms with van der Waals surface area (Å²) in [7, 11) is 0. The van der Waals surface area contributed by atoms with Crippen molar-refractivity contribution in [3.05, 3.63) is 29.3 Å². The Morgan fingerprint density at radius 2 is 1.94 bits per heavy atom. The highest BCUT2D eigenvalue weighted by atomic mass is 16.5. The van der Waals surface area contributed by atoms with E-state index in [0.29, 0.717) is 25.6 Å². The van der Waals surface area contributed by atoms with E-state index in [1.165, 1.54) is 11.1 Å². The van der Waals surface area contributed by atoms with Crippen LogP contribution in [-0.4, -0.2) is 66.9 Å². The summed E-state index contributed by atoms with van der Waals surface area (Å²) >= 11 is 0. The largest absolute Gasteiger partial charge is 0.483 e. The SMILES string of the molecule is Cc1ccc2c(c1)C1CCC(CC1)OC[C@H]1N(C(=O)CO2)[C@H](C)C[C@]12COCC(=O)N2. The molecule has 1 N–H and O–H groups in total. The normalized spacial score (nSPS) is 36.0. The quantitative estimate of drug-likeness (QED) is 0.686. The third-order valence-corrected chi connectivity index (χ3v) is 7.50. The first kappa shape index (κ1) is 20.8. The highest BCUT2D eigenvalue weighted by molar-refractivity contribution is 5.81. The number of nitrogens with one attached hydrogen (secondary N) is 1. The topological polar surface area (TPSA) is 77.1 Å². The van der Waals surface area contributed by atoms with E-state index in [2.05, 4.69) is 18.3 Å². The Balaban J connectivity index is 1.48. The van der Waals surface area contributed by atoms with Gasteiger partial charge < -0.3 is 24.4 Å². The van der Waals surface area contributed by atoms with E-state index in [4.69, 9.17) is 14.2 Å². The minimum atomic E-state index is -0.600. The van der Waals surface area contributed by atoms with Gasteiger partial charge in [-0.05, 0) is 63.5 Å². The molecule has 2 bridgehead atoms. The van der Waals surface area contributed by atoms with Gasteiger partial charge in [-0.25, -0.2) is 0 Å². The van der Waals surface area contributed by atoms with Crippen molar-refractivity contribution in [2.75, 3.05) is 26.4 Å². The molecule has 6 rings (SSSR count). The van der Waals surface area contributed by atoms with Gasteiger partial charge in [0.2, 0.25) is 5.91 Å². The van der Waals surface area contributed by atoms with Gasteiger partial charge in [0.25, 0.3) is 5.91 Å². The number of nitrogens with zero attached hydrogens (tertiary/aromatic N) is 1. The predicted molar refractivity (Wildman–Crippen MR) is 114 cm³/mol. The maximum atomic E-state index is 13.4. The van der Waals surface area contributed by atoms with Crippen LogP contribution in [0.3, 0.4) is 0 Å². The number of rotatable bonds is 0. The van der Waals surface area contributed by atoms with Crippen LogP contribution in [0.2, 0.25) is 0 Å². The Morgan fingerprint density at radius 1 is 1.13 bits per heavy atom. The number of fused-ring (bicyclic) bond motifs is 5. The Labute approximate surface area is 183 Å². The molecule has 5 aliphatic rings. The molecular weight excluding hydrogens is 396 g/mol. The summed E-state index contributed by atoms with van der Waals surface area (Å²) in [5.74, 6) is 1.05. The van der Waals surface area contributed by atoms with Gasteiger partial charge in [0.05, 0.1) is 30.9 Å². The predicted octanol–water partition coefficient (Wildman–Crippen LogP) is 2.30. The second-order valence-corrected chi connectivity index (χ2v) is 9.70. The average Bonchev–Trinajstić information content (AvgIpc) is 3.01. The van der Waals surface area contributed by atoms with Gasteiger partial charge in [-0.3, -0.25) is 9.59 Å². The molecule has 2 saturated heterocycles. The van der Waals surface area contributed by atoms with Gasteiger partial charge in [-0.2, -0.15) is 0 Å². The first-order valence-electron chi connectivity index (χ1n) is 11.5. The fourth-order valence-corrected chi connectivity index (χ4v) is 6.06. The zero-order valence-electron chi connectivity index (χ0n) is 18.4. The van der Waals surface area contributed by atoms with Gasteiger partial charge >= 0.3 is 0 Å². The maximum Gasteiger partial charge on any atom is 0.261 e. The average molecular weight is 429 g/mol. The van der Waals surface area contributed by atoms with Gasteiger partial charge in [-0.15, -0.1) is 0 Å². The Kier molecular flexibility index (Phi) is 5.42. The smallest absolute Gasteiger partial charge is 0.261 e. The fourth-order valence-electron chi connectivity index (χ4n) is 6.06. The summed E-state index contributed by atoms with van der Waals surface area (Å²) in [5.41, 5.74) is 1.82. The summed E-state index contributed by atoms with van der Waals surface area (Å²) in [6, 6.07) is 5.95. The molecule has 7 heteroatoms. The third kappa shape index (κ3) is 3.82. The summed E-state index contributed by atoms with van der Waals surface area (Å²) in [5, 5.41) is 3.15. The van der Waals surface area contributed by atoms with E-state index in [-0.39, 0.29) is 43.2 Å². The van der Waals surface area contributed by atoms with Crippen molar-refractivity contribution in [2.24, 2.45) is 0 Å². The highest BCUT2D eigenvalue weighted by Crippen LogP contribution is 2.41. The molecule has 1 aromatic carbocycles. The molecule has 3 fully saturated rings. The first-order valence-corrected chi connectivity index (χ1v) is 11.5. The molecular formula is C24H32N2O5. The number of hydrogen-bond acceptors (Lipinski definition) is 5. The zero-order valence-corrected chi connectivity index (χ0v) is 18.4. The molecule has 1 aromatic rings. The molecule has 0 unspecified atom stereocenters. The molecule has 4 heterocycles. The van der Waals surface area contributed by atoms with Crippen molar-refractivity contribution in [2.45, 2.75) is 75.6 Å². The Bertz CT molecular complexity index is 866. The summed E-state index contributed by atoms with van der Waals surface area (Å²) in [6.45, 7) is 4.98. The molecule has 0 radical (unpaired) electrons. The van der Waals surface area contributed by atoms with Crippen LogP contribution in [-0.2, 0) is 19.1 Å². The lowest BCUT2D eigenvalue weighted by Gasteiger charge is -2.41. The van der Waals surface area contributed by atoms with Crippen LogP contribution in [0.15, 0.2) is 18.2 Å². The Hall–Kier alpha value is -2.12. The second-order valence-electron chi connectivity index (χ2n) is 9.70. The van der Waals surface area contributed by atoms with Crippen molar-refractivity contribution in [3.8, 4) is 5.75 Å². The standard InChI is InChI=1S/C24H32N2O5/c1-15-3-8-20-19(9-15)17-4-6-18(7-5-17)30-11-21-24(14-29-12-22(27)25-24)10-16(2)26(21)23(28)13-31-20/h3,8-9,16-18,21H,4-7,10-14H2,1-2H3,(H,25,27)/t16-,17?,18?,21-,24+/m1/s1. The number of carbonyl (C=O) groups excluding carboxylic acids is 2. The molecule has 168 valence electrons. The fraction of sp³-hybridized carbons (Fsp3) is 0.667. The van der Waals surface area contributed by atoms with Gasteiger partial charge in [0, 0.05) is 6.04 Å². The van der Waals surface area contributed by atoms with Crippen molar-refractivity contribution >= 4 is 11.8 Å². The van der Waals surface area contributed by atoms with Crippen LogP contribution in [0.5, 0.6) is 5.75 Å². The van der Waals surface area contributed by atoms with E-state index >= 15 is 0 Å². The third-order valence-electron chi connectivity index (χ3n) is 7.50. The highest BCUT2D eigenvalue weighted by Gasteiger charge is 2.55.